The number of pyridine rings is 1. The molecule has 0 spiro atoms. The number of hydrogen-bond acceptors (Lipinski definition) is 4. The van der Waals surface area contributed by atoms with Gasteiger partial charge in [0.25, 0.3) is 0 Å². The van der Waals surface area contributed by atoms with Crippen molar-refractivity contribution in [2.45, 2.75) is 20.4 Å². The standard InChI is InChI=1S/C12H15N5O/c1-8-5-9(2)17(16-8)7-12(18)15-10-3-4-11(13)14-6-10/h3-6H,7H2,1-2H3,(H2,13,14)(H,15,18). The first-order valence-electron chi connectivity index (χ1n) is 5.57. The maximum absolute atomic E-state index is 11.8. The van der Waals surface area contributed by atoms with E-state index in [0.29, 0.717) is 11.5 Å². The van der Waals surface area contributed by atoms with Crippen molar-refractivity contribution in [3.63, 3.8) is 0 Å². The highest BCUT2D eigenvalue weighted by Crippen LogP contribution is 2.07. The van der Waals surface area contributed by atoms with Crippen LogP contribution in [0.5, 0.6) is 0 Å². The molecule has 0 atom stereocenters. The van der Waals surface area contributed by atoms with Crippen molar-refractivity contribution < 1.29 is 4.79 Å². The summed E-state index contributed by atoms with van der Waals surface area (Å²) in [7, 11) is 0. The molecule has 18 heavy (non-hydrogen) atoms. The summed E-state index contributed by atoms with van der Waals surface area (Å²) in [5.41, 5.74) is 7.94. The minimum absolute atomic E-state index is 0.146. The second-order valence-electron chi connectivity index (χ2n) is 4.10. The number of nitrogen functional groups attached to an aromatic ring is 1. The Labute approximate surface area is 105 Å². The van der Waals surface area contributed by atoms with Crippen molar-refractivity contribution >= 4 is 17.4 Å². The zero-order valence-electron chi connectivity index (χ0n) is 10.3. The predicted octanol–water partition coefficient (Wildman–Crippen LogP) is 1.12. The summed E-state index contributed by atoms with van der Waals surface area (Å²) in [5.74, 6) is 0.277. The number of hydrogen-bond donors (Lipinski definition) is 2. The van der Waals surface area contributed by atoms with Gasteiger partial charge in [0, 0.05) is 5.69 Å². The molecule has 2 rings (SSSR count). The Morgan fingerprint density at radius 2 is 2.22 bits per heavy atom. The minimum atomic E-state index is -0.146. The van der Waals surface area contributed by atoms with Gasteiger partial charge in [-0.25, -0.2) is 4.98 Å². The Balaban J connectivity index is 2.01. The quantitative estimate of drug-likeness (QED) is 0.848. The molecule has 0 fully saturated rings. The van der Waals surface area contributed by atoms with Crippen LogP contribution in [0.15, 0.2) is 24.4 Å². The van der Waals surface area contributed by atoms with Crippen LogP contribution in [-0.4, -0.2) is 20.7 Å². The molecule has 2 aromatic rings. The van der Waals surface area contributed by atoms with Crippen molar-refractivity contribution in [3.8, 4) is 0 Å². The summed E-state index contributed by atoms with van der Waals surface area (Å²) in [6.07, 6.45) is 1.52. The summed E-state index contributed by atoms with van der Waals surface area (Å²) in [5, 5.41) is 6.96. The smallest absolute Gasteiger partial charge is 0.246 e. The molecule has 6 heteroatoms. The van der Waals surface area contributed by atoms with E-state index in [-0.39, 0.29) is 12.5 Å². The van der Waals surface area contributed by atoms with Crippen LogP contribution in [-0.2, 0) is 11.3 Å². The largest absolute Gasteiger partial charge is 0.384 e. The predicted molar refractivity (Wildman–Crippen MR) is 69.0 cm³/mol. The first-order chi connectivity index (χ1) is 8.54. The average molecular weight is 245 g/mol. The molecule has 1 amide bonds. The van der Waals surface area contributed by atoms with Gasteiger partial charge in [-0.2, -0.15) is 5.10 Å². The maximum atomic E-state index is 11.8. The third-order valence-electron chi connectivity index (χ3n) is 2.47. The zero-order valence-corrected chi connectivity index (χ0v) is 10.3. The fourth-order valence-electron chi connectivity index (χ4n) is 1.65. The topological polar surface area (TPSA) is 85.8 Å². The molecular formula is C12H15N5O. The Hall–Kier alpha value is -2.37. The summed E-state index contributed by atoms with van der Waals surface area (Å²) < 4.78 is 1.66. The van der Waals surface area contributed by atoms with E-state index in [4.69, 9.17) is 5.73 Å². The lowest BCUT2D eigenvalue weighted by Crippen LogP contribution is -2.20. The van der Waals surface area contributed by atoms with Gasteiger partial charge in [-0.3, -0.25) is 9.48 Å². The Bertz CT molecular complexity index is 558. The third-order valence-corrected chi connectivity index (χ3v) is 2.47. The van der Waals surface area contributed by atoms with Gasteiger partial charge in [-0.15, -0.1) is 0 Å². The van der Waals surface area contributed by atoms with E-state index in [9.17, 15) is 4.79 Å². The number of nitrogens with two attached hydrogens (primary N) is 1. The molecule has 0 aliphatic carbocycles. The van der Waals surface area contributed by atoms with E-state index in [0.717, 1.165) is 11.4 Å². The number of amides is 1. The van der Waals surface area contributed by atoms with Gasteiger partial charge in [0.2, 0.25) is 5.91 Å². The van der Waals surface area contributed by atoms with Gasteiger partial charge in [0.15, 0.2) is 0 Å². The summed E-state index contributed by atoms with van der Waals surface area (Å²) in [6, 6.07) is 5.28. The van der Waals surface area contributed by atoms with E-state index in [2.05, 4.69) is 15.4 Å². The SMILES string of the molecule is Cc1cc(C)n(CC(=O)Nc2ccc(N)nc2)n1. The van der Waals surface area contributed by atoms with Crippen LogP contribution >= 0.6 is 0 Å². The van der Waals surface area contributed by atoms with Crippen LogP contribution in [0.3, 0.4) is 0 Å². The highest BCUT2D eigenvalue weighted by atomic mass is 16.2. The first kappa shape index (κ1) is 12.1. The summed E-state index contributed by atoms with van der Waals surface area (Å²) in [6.45, 7) is 3.99. The van der Waals surface area contributed by atoms with E-state index >= 15 is 0 Å². The molecular weight excluding hydrogens is 230 g/mol. The van der Waals surface area contributed by atoms with E-state index in [1.165, 1.54) is 6.20 Å². The van der Waals surface area contributed by atoms with E-state index in [1.807, 2.05) is 19.9 Å². The van der Waals surface area contributed by atoms with Gasteiger partial charge in [-0.05, 0) is 32.0 Å². The lowest BCUT2D eigenvalue weighted by atomic mass is 10.4. The zero-order chi connectivity index (χ0) is 13.1. The molecule has 0 saturated heterocycles. The molecule has 0 aliphatic heterocycles. The number of carbonyl (C=O) groups excluding carboxylic acids is 1. The molecule has 0 aliphatic rings. The van der Waals surface area contributed by atoms with Gasteiger partial charge >= 0.3 is 0 Å². The second-order valence-corrected chi connectivity index (χ2v) is 4.10. The van der Waals surface area contributed by atoms with Crippen molar-refractivity contribution in [2.75, 3.05) is 11.1 Å². The fraction of sp³-hybridized carbons (Fsp3) is 0.250. The molecule has 3 N–H and O–H groups in total. The Morgan fingerprint density at radius 3 is 2.78 bits per heavy atom. The molecule has 0 aromatic carbocycles. The highest BCUT2D eigenvalue weighted by Gasteiger charge is 2.07. The van der Waals surface area contributed by atoms with Crippen LogP contribution in [0.25, 0.3) is 0 Å². The van der Waals surface area contributed by atoms with Crippen LogP contribution in [0.1, 0.15) is 11.4 Å². The molecule has 0 radical (unpaired) electrons. The number of carbonyl (C=O) groups is 1. The normalized spacial score (nSPS) is 10.3. The van der Waals surface area contributed by atoms with E-state index < -0.39 is 0 Å². The van der Waals surface area contributed by atoms with E-state index in [1.54, 1.807) is 16.8 Å². The molecule has 0 bridgehead atoms. The monoisotopic (exact) mass is 245 g/mol. The van der Waals surface area contributed by atoms with Crippen LogP contribution < -0.4 is 11.1 Å². The van der Waals surface area contributed by atoms with Crippen molar-refractivity contribution in [2.24, 2.45) is 0 Å². The number of nitrogens with zero attached hydrogens (tertiary/aromatic N) is 3. The van der Waals surface area contributed by atoms with Crippen LogP contribution in [0, 0.1) is 13.8 Å². The Morgan fingerprint density at radius 1 is 1.44 bits per heavy atom. The van der Waals surface area contributed by atoms with Gasteiger partial charge in [0.05, 0.1) is 17.6 Å². The molecule has 94 valence electrons. The molecule has 0 unspecified atom stereocenters. The number of nitrogens with one attached hydrogen (secondary N) is 1. The first-order valence-corrected chi connectivity index (χ1v) is 5.57. The lowest BCUT2D eigenvalue weighted by Gasteiger charge is -2.06. The van der Waals surface area contributed by atoms with Crippen molar-refractivity contribution in [1.29, 1.82) is 0 Å². The maximum Gasteiger partial charge on any atom is 0.246 e. The molecule has 6 nitrogen and oxygen atoms in total. The molecule has 0 saturated carbocycles. The summed E-state index contributed by atoms with van der Waals surface area (Å²) in [4.78, 5) is 15.7. The number of rotatable bonds is 3. The number of aromatic nitrogens is 3. The lowest BCUT2D eigenvalue weighted by molar-refractivity contribution is -0.116. The number of aryl methyl sites for hydroxylation is 2. The summed E-state index contributed by atoms with van der Waals surface area (Å²) >= 11 is 0. The van der Waals surface area contributed by atoms with Crippen molar-refractivity contribution in [3.05, 3.63) is 35.8 Å². The minimum Gasteiger partial charge on any atom is -0.384 e. The second kappa shape index (κ2) is 4.87. The average Bonchev–Trinajstić information content (AvgIpc) is 2.61. The third kappa shape index (κ3) is 2.85. The van der Waals surface area contributed by atoms with Gasteiger partial charge in [0.1, 0.15) is 12.4 Å². The number of anilines is 2. The van der Waals surface area contributed by atoms with Gasteiger partial charge in [-0.1, -0.05) is 0 Å². The highest BCUT2D eigenvalue weighted by molar-refractivity contribution is 5.90. The van der Waals surface area contributed by atoms with Crippen molar-refractivity contribution in [1.82, 2.24) is 14.8 Å². The van der Waals surface area contributed by atoms with Gasteiger partial charge < -0.3 is 11.1 Å². The van der Waals surface area contributed by atoms with Crippen LogP contribution in [0.2, 0.25) is 0 Å². The Kier molecular flexibility index (Phi) is 3.27. The van der Waals surface area contributed by atoms with Crippen LogP contribution in [0.4, 0.5) is 11.5 Å². The molecule has 2 heterocycles. The molecule has 2 aromatic heterocycles. The fourth-order valence-corrected chi connectivity index (χ4v) is 1.65.